The van der Waals surface area contributed by atoms with Crippen LogP contribution >= 0.6 is 11.6 Å². The number of carboxylic acids is 1. The number of pyridine rings is 1. The molecule has 0 amide bonds. The van der Waals surface area contributed by atoms with Gasteiger partial charge in [0, 0.05) is 29.3 Å². The van der Waals surface area contributed by atoms with E-state index in [4.69, 9.17) is 16.3 Å². The SMILES string of the molecule is CC(Cl)=CCNC(C(=O)O)(C(C)C)C(C)c1cccc(Oc2ccccc2)n1. The highest BCUT2D eigenvalue weighted by Gasteiger charge is 2.47. The first kappa shape index (κ1) is 21.9. The summed E-state index contributed by atoms with van der Waals surface area (Å²) in [7, 11) is 0. The first-order valence-electron chi connectivity index (χ1n) is 9.28. The standard InChI is InChI=1S/C22H27ClN2O3/c1-15(2)22(21(26)27,24-14-13-16(3)23)17(4)19-11-8-12-20(25-19)28-18-9-6-5-7-10-18/h5-13,15,17,24H,14H2,1-4H3,(H,26,27). The van der Waals surface area contributed by atoms with Gasteiger partial charge in [-0.2, -0.15) is 0 Å². The molecule has 0 radical (unpaired) electrons. The van der Waals surface area contributed by atoms with E-state index in [9.17, 15) is 9.90 Å². The highest BCUT2D eigenvalue weighted by molar-refractivity contribution is 6.29. The van der Waals surface area contributed by atoms with E-state index in [0.717, 1.165) is 0 Å². The van der Waals surface area contributed by atoms with Crippen LogP contribution in [0, 0.1) is 5.92 Å². The zero-order valence-electron chi connectivity index (χ0n) is 16.6. The maximum atomic E-state index is 12.4. The average molecular weight is 403 g/mol. The van der Waals surface area contributed by atoms with E-state index < -0.39 is 17.4 Å². The van der Waals surface area contributed by atoms with Crippen LogP contribution in [0.2, 0.25) is 0 Å². The molecule has 0 spiro atoms. The first-order valence-corrected chi connectivity index (χ1v) is 9.65. The minimum Gasteiger partial charge on any atom is -0.480 e. The highest BCUT2D eigenvalue weighted by atomic mass is 35.5. The molecule has 28 heavy (non-hydrogen) atoms. The zero-order chi connectivity index (χ0) is 20.7. The number of halogens is 1. The Morgan fingerprint density at radius 3 is 2.46 bits per heavy atom. The van der Waals surface area contributed by atoms with Gasteiger partial charge in [-0.15, -0.1) is 0 Å². The van der Waals surface area contributed by atoms with Crippen molar-refractivity contribution in [3.8, 4) is 11.6 Å². The average Bonchev–Trinajstić information content (AvgIpc) is 2.65. The Balaban J connectivity index is 2.35. The molecule has 0 aliphatic rings. The lowest BCUT2D eigenvalue weighted by Gasteiger charge is -2.39. The largest absolute Gasteiger partial charge is 0.480 e. The number of hydrogen-bond acceptors (Lipinski definition) is 4. The third-order valence-corrected chi connectivity index (χ3v) is 5.03. The van der Waals surface area contributed by atoms with Crippen LogP contribution in [0.3, 0.4) is 0 Å². The van der Waals surface area contributed by atoms with E-state index in [1.165, 1.54) is 0 Å². The summed E-state index contributed by atoms with van der Waals surface area (Å²) in [5.74, 6) is -0.422. The number of rotatable bonds is 9. The normalized spacial score (nSPS) is 15.1. The van der Waals surface area contributed by atoms with E-state index >= 15 is 0 Å². The van der Waals surface area contributed by atoms with Crippen molar-refractivity contribution in [1.82, 2.24) is 10.3 Å². The second kappa shape index (κ2) is 9.71. The maximum Gasteiger partial charge on any atom is 0.324 e. The summed E-state index contributed by atoms with van der Waals surface area (Å²) in [6, 6.07) is 14.8. The van der Waals surface area contributed by atoms with E-state index in [0.29, 0.717) is 28.9 Å². The number of aromatic nitrogens is 1. The summed E-state index contributed by atoms with van der Waals surface area (Å²) in [6.07, 6.45) is 1.76. The number of carbonyl (C=O) groups is 1. The van der Waals surface area contributed by atoms with E-state index in [1.807, 2.05) is 63.2 Å². The number of ether oxygens (including phenoxy) is 1. The molecule has 2 N–H and O–H groups in total. The van der Waals surface area contributed by atoms with Crippen molar-refractivity contribution in [3.63, 3.8) is 0 Å². The Morgan fingerprint density at radius 2 is 1.89 bits per heavy atom. The van der Waals surface area contributed by atoms with Crippen LogP contribution in [0.4, 0.5) is 0 Å². The minimum atomic E-state index is -1.21. The van der Waals surface area contributed by atoms with Gasteiger partial charge < -0.3 is 9.84 Å². The quantitative estimate of drug-likeness (QED) is 0.604. The first-order chi connectivity index (χ1) is 13.3. The zero-order valence-corrected chi connectivity index (χ0v) is 17.4. The molecular formula is C22H27ClN2O3. The van der Waals surface area contributed by atoms with Gasteiger partial charge in [-0.1, -0.05) is 62.7 Å². The summed E-state index contributed by atoms with van der Waals surface area (Å²) in [5, 5.41) is 13.9. The molecule has 1 heterocycles. The number of hydrogen-bond donors (Lipinski definition) is 2. The Kier molecular flexibility index (Phi) is 7.61. The topological polar surface area (TPSA) is 71.5 Å². The Morgan fingerprint density at radius 1 is 1.21 bits per heavy atom. The van der Waals surface area contributed by atoms with Gasteiger partial charge in [-0.05, 0) is 31.0 Å². The van der Waals surface area contributed by atoms with E-state index in [-0.39, 0.29) is 5.92 Å². The van der Waals surface area contributed by atoms with Gasteiger partial charge in [-0.3, -0.25) is 10.1 Å². The lowest BCUT2D eigenvalue weighted by molar-refractivity contribution is -0.148. The number of benzene rings is 1. The molecule has 2 rings (SSSR count). The van der Waals surface area contributed by atoms with Crippen molar-refractivity contribution in [2.24, 2.45) is 5.92 Å². The fraction of sp³-hybridized carbons (Fsp3) is 0.364. The van der Waals surface area contributed by atoms with Crippen LogP contribution in [0.5, 0.6) is 11.6 Å². The molecule has 0 saturated carbocycles. The molecule has 0 aliphatic heterocycles. The van der Waals surface area contributed by atoms with Crippen molar-refractivity contribution < 1.29 is 14.6 Å². The van der Waals surface area contributed by atoms with E-state index in [1.54, 1.807) is 19.1 Å². The third kappa shape index (κ3) is 5.12. The minimum absolute atomic E-state index is 0.190. The summed E-state index contributed by atoms with van der Waals surface area (Å²) < 4.78 is 5.81. The van der Waals surface area contributed by atoms with Gasteiger partial charge in [-0.25, -0.2) is 4.98 Å². The van der Waals surface area contributed by atoms with Crippen molar-refractivity contribution in [1.29, 1.82) is 0 Å². The molecule has 1 aromatic heterocycles. The predicted octanol–water partition coefficient (Wildman–Crippen LogP) is 5.19. The Hall–Kier alpha value is -2.37. The molecule has 0 fully saturated rings. The lowest BCUT2D eigenvalue weighted by Crippen LogP contribution is -2.59. The van der Waals surface area contributed by atoms with Gasteiger partial charge in [0.15, 0.2) is 0 Å². The Bertz CT molecular complexity index is 820. The van der Waals surface area contributed by atoms with Crippen LogP contribution in [0.15, 0.2) is 59.6 Å². The van der Waals surface area contributed by atoms with Gasteiger partial charge in [0.2, 0.25) is 5.88 Å². The van der Waals surface area contributed by atoms with Gasteiger partial charge in [0.25, 0.3) is 0 Å². The smallest absolute Gasteiger partial charge is 0.324 e. The van der Waals surface area contributed by atoms with Gasteiger partial charge >= 0.3 is 5.97 Å². The fourth-order valence-corrected chi connectivity index (χ4v) is 3.37. The van der Waals surface area contributed by atoms with Crippen LogP contribution in [-0.2, 0) is 4.79 Å². The van der Waals surface area contributed by atoms with E-state index in [2.05, 4.69) is 10.3 Å². The molecule has 2 atom stereocenters. The highest BCUT2D eigenvalue weighted by Crippen LogP contribution is 2.35. The summed E-state index contributed by atoms with van der Waals surface area (Å²) in [4.78, 5) is 16.9. The molecule has 5 nitrogen and oxygen atoms in total. The summed E-state index contributed by atoms with van der Waals surface area (Å²) in [5.41, 5.74) is -0.565. The Labute approximate surface area is 171 Å². The summed E-state index contributed by atoms with van der Waals surface area (Å²) in [6.45, 7) is 7.76. The third-order valence-electron chi connectivity index (χ3n) is 4.88. The molecule has 150 valence electrons. The van der Waals surface area contributed by atoms with Crippen LogP contribution in [0.25, 0.3) is 0 Å². The molecule has 1 aromatic carbocycles. The maximum absolute atomic E-state index is 12.4. The number of aliphatic carboxylic acids is 1. The number of nitrogens with one attached hydrogen (secondary N) is 1. The molecule has 2 unspecified atom stereocenters. The van der Waals surface area contributed by atoms with Gasteiger partial charge in [0.05, 0.1) is 0 Å². The van der Waals surface area contributed by atoms with Crippen molar-refractivity contribution in [3.05, 3.63) is 65.3 Å². The molecule has 6 heteroatoms. The molecule has 0 aliphatic carbocycles. The van der Waals surface area contributed by atoms with Crippen molar-refractivity contribution >= 4 is 17.6 Å². The predicted molar refractivity (Wildman–Crippen MR) is 112 cm³/mol. The van der Waals surface area contributed by atoms with Crippen LogP contribution in [0.1, 0.15) is 39.3 Å². The van der Waals surface area contributed by atoms with Crippen molar-refractivity contribution in [2.45, 2.75) is 39.2 Å². The van der Waals surface area contributed by atoms with Gasteiger partial charge in [0.1, 0.15) is 11.3 Å². The second-order valence-corrected chi connectivity index (χ2v) is 7.63. The van der Waals surface area contributed by atoms with Crippen molar-refractivity contribution in [2.75, 3.05) is 6.54 Å². The second-order valence-electron chi connectivity index (χ2n) is 7.04. The molecule has 0 bridgehead atoms. The number of carboxylic acid groups (broad SMARTS) is 1. The fourth-order valence-electron chi connectivity index (χ4n) is 3.30. The van der Waals surface area contributed by atoms with Crippen LogP contribution < -0.4 is 10.1 Å². The lowest BCUT2D eigenvalue weighted by atomic mass is 9.74. The van der Waals surface area contributed by atoms with Crippen LogP contribution in [-0.4, -0.2) is 28.1 Å². The molecule has 0 saturated heterocycles. The summed E-state index contributed by atoms with van der Waals surface area (Å²) >= 11 is 5.90. The number of allylic oxidation sites excluding steroid dienone is 1. The molecular weight excluding hydrogens is 376 g/mol. The number of para-hydroxylation sites is 1. The monoisotopic (exact) mass is 402 g/mol. The molecule has 2 aromatic rings. The number of nitrogens with zero attached hydrogens (tertiary/aromatic N) is 1.